The molecule has 0 bridgehead atoms. The number of hydrogen-bond acceptors (Lipinski definition) is 2. The van der Waals surface area contributed by atoms with Crippen molar-refractivity contribution >= 4 is 23.1 Å². The van der Waals surface area contributed by atoms with Gasteiger partial charge in [0.1, 0.15) is 5.69 Å². The summed E-state index contributed by atoms with van der Waals surface area (Å²) in [5.74, 6) is 11.2. The summed E-state index contributed by atoms with van der Waals surface area (Å²) in [5.41, 5.74) is 4.50. The highest BCUT2D eigenvalue weighted by Crippen LogP contribution is 2.29. The minimum atomic E-state index is -0.782. The molecule has 0 atom stereocenters. The van der Waals surface area contributed by atoms with Crippen molar-refractivity contribution in [3.8, 4) is 34.8 Å². The van der Waals surface area contributed by atoms with Gasteiger partial charge in [0.05, 0.1) is 5.16 Å². The number of halogens is 2. The Hall–Kier alpha value is -3.56. The molecule has 0 aliphatic carbocycles. The summed E-state index contributed by atoms with van der Waals surface area (Å²) in [6.45, 7) is 4.23. The standard InChI is InChI=1S/C29H23F2NS/c1-3-4-5-6-7-8-24-14-13-23(17-21(24)2)10-9-22-11-15-25(16-12-22)26-18-27(30)29(32-20-33)28(31)19-26/h11-19H,3-6H2,1-2H3. The average molecular weight is 456 g/mol. The second-order valence-electron chi connectivity index (χ2n) is 7.61. The van der Waals surface area contributed by atoms with Crippen LogP contribution in [0.3, 0.4) is 0 Å². The summed E-state index contributed by atoms with van der Waals surface area (Å²) in [4.78, 5) is 3.43. The van der Waals surface area contributed by atoms with Crippen molar-refractivity contribution in [1.29, 1.82) is 0 Å². The van der Waals surface area contributed by atoms with Crippen LogP contribution in [-0.4, -0.2) is 5.16 Å². The van der Waals surface area contributed by atoms with E-state index in [-0.39, 0.29) is 0 Å². The number of nitrogens with zero attached hydrogens (tertiary/aromatic N) is 1. The van der Waals surface area contributed by atoms with Crippen LogP contribution in [0.2, 0.25) is 0 Å². The molecule has 0 saturated carbocycles. The number of benzene rings is 3. The molecule has 33 heavy (non-hydrogen) atoms. The predicted molar refractivity (Wildman–Crippen MR) is 135 cm³/mol. The van der Waals surface area contributed by atoms with E-state index in [1.54, 1.807) is 12.1 Å². The highest BCUT2D eigenvalue weighted by Gasteiger charge is 2.11. The van der Waals surface area contributed by atoms with Crippen LogP contribution in [0.4, 0.5) is 14.5 Å². The number of rotatable bonds is 5. The van der Waals surface area contributed by atoms with Crippen molar-refractivity contribution in [3.63, 3.8) is 0 Å². The van der Waals surface area contributed by atoms with Gasteiger partial charge in [0.2, 0.25) is 0 Å². The smallest absolute Gasteiger partial charge is 0.153 e. The molecule has 0 amide bonds. The largest absolute Gasteiger partial charge is 0.204 e. The third-order valence-electron chi connectivity index (χ3n) is 5.10. The lowest BCUT2D eigenvalue weighted by Crippen LogP contribution is -1.87. The van der Waals surface area contributed by atoms with Crippen molar-refractivity contribution in [2.45, 2.75) is 39.5 Å². The summed E-state index contributed by atoms with van der Waals surface area (Å²) >= 11 is 4.43. The van der Waals surface area contributed by atoms with Crippen LogP contribution in [0.25, 0.3) is 11.1 Å². The van der Waals surface area contributed by atoms with Crippen molar-refractivity contribution in [2.24, 2.45) is 4.99 Å². The number of unbranched alkanes of at least 4 members (excludes halogenated alkanes) is 3. The fourth-order valence-electron chi connectivity index (χ4n) is 3.28. The minimum absolute atomic E-state index is 0.412. The van der Waals surface area contributed by atoms with Gasteiger partial charge in [-0.1, -0.05) is 55.6 Å². The molecule has 0 heterocycles. The summed E-state index contributed by atoms with van der Waals surface area (Å²) in [6.07, 6.45) is 4.48. The van der Waals surface area contributed by atoms with Crippen molar-refractivity contribution in [3.05, 3.63) is 88.5 Å². The normalized spacial score (nSPS) is 9.82. The van der Waals surface area contributed by atoms with Gasteiger partial charge in [-0.25, -0.2) is 8.78 Å². The number of isothiocyanates is 1. The van der Waals surface area contributed by atoms with E-state index >= 15 is 0 Å². The van der Waals surface area contributed by atoms with Gasteiger partial charge in [-0.2, -0.15) is 4.99 Å². The van der Waals surface area contributed by atoms with Crippen LogP contribution in [0, 0.1) is 42.2 Å². The topological polar surface area (TPSA) is 12.4 Å². The maximum absolute atomic E-state index is 14.1. The Morgan fingerprint density at radius 3 is 2.12 bits per heavy atom. The van der Waals surface area contributed by atoms with E-state index in [1.165, 1.54) is 25.0 Å². The summed E-state index contributed by atoms with van der Waals surface area (Å²) in [5, 5.41) is 1.99. The lowest BCUT2D eigenvalue weighted by Gasteiger charge is -2.05. The predicted octanol–water partition coefficient (Wildman–Crippen LogP) is 8.01. The van der Waals surface area contributed by atoms with Crippen LogP contribution in [0.5, 0.6) is 0 Å². The van der Waals surface area contributed by atoms with E-state index in [1.807, 2.05) is 42.4 Å². The van der Waals surface area contributed by atoms with Gasteiger partial charge in [0.15, 0.2) is 11.6 Å². The lowest BCUT2D eigenvalue weighted by atomic mass is 10.0. The second kappa shape index (κ2) is 11.9. The molecule has 4 heteroatoms. The van der Waals surface area contributed by atoms with Crippen LogP contribution >= 0.6 is 12.2 Å². The molecule has 0 fully saturated rings. The van der Waals surface area contributed by atoms with Gasteiger partial charge in [-0.05, 0) is 84.7 Å². The summed E-state index contributed by atoms with van der Waals surface area (Å²) in [6, 6.07) is 15.7. The molecule has 0 radical (unpaired) electrons. The quantitative estimate of drug-likeness (QED) is 0.164. The molecule has 0 unspecified atom stereocenters. The van der Waals surface area contributed by atoms with Gasteiger partial charge < -0.3 is 0 Å². The molecular weight excluding hydrogens is 432 g/mol. The molecule has 0 N–H and O–H groups in total. The van der Waals surface area contributed by atoms with Crippen molar-refractivity contribution < 1.29 is 8.78 Å². The Morgan fingerprint density at radius 1 is 0.818 bits per heavy atom. The number of thiocarbonyl (C=S) groups is 1. The van der Waals surface area contributed by atoms with Crippen LogP contribution in [0.15, 0.2) is 59.6 Å². The van der Waals surface area contributed by atoms with E-state index in [9.17, 15) is 8.78 Å². The SMILES string of the molecule is CCCCCC#Cc1ccc(C#Cc2ccc(-c3cc(F)c(N=C=S)c(F)c3)cc2)cc1C. The number of hydrogen-bond donors (Lipinski definition) is 0. The minimum Gasteiger partial charge on any atom is -0.204 e. The molecule has 0 saturated heterocycles. The third-order valence-corrected chi connectivity index (χ3v) is 5.19. The summed E-state index contributed by atoms with van der Waals surface area (Å²) < 4.78 is 28.2. The lowest BCUT2D eigenvalue weighted by molar-refractivity contribution is 0.588. The van der Waals surface area contributed by atoms with E-state index in [2.05, 4.69) is 47.8 Å². The zero-order valence-electron chi connectivity index (χ0n) is 18.6. The molecule has 0 aromatic heterocycles. The Balaban J connectivity index is 1.73. The maximum Gasteiger partial charge on any atom is 0.153 e. The van der Waals surface area contributed by atoms with E-state index in [4.69, 9.17) is 0 Å². The van der Waals surface area contributed by atoms with Crippen LogP contribution in [-0.2, 0) is 0 Å². The van der Waals surface area contributed by atoms with Crippen molar-refractivity contribution in [2.75, 3.05) is 0 Å². The molecule has 164 valence electrons. The molecule has 3 aromatic carbocycles. The van der Waals surface area contributed by atoms with Crippen LogP contribution < -0.4 is 0 Å². The zero-order chi connectivity index (χ0) is 23.6. The first-order chi connectivity index (χ1) is 16.0. The molecule has 0 aliphatic rings. The Labute approximate surface area is 199 Å². The molecular formula is C29H23F2NS. The molecule has 3 rings (SSSR count). The van der Waals surface area contributed by atoms with Gasteiger partial charge >= 0.3 is 0 Å². The number of aliphatic imine (C=N–C) groups is 1. The first kappa shape index (κ1) is 24.1. The van der Waals surface area contributed by atoms with E-state index in [0.29, 0.717) is 11.1 Å². The first-order valence-corrected chi connectivity index (χ1v) is 11.2. The zero-order valence-corrected chi connectivity index (χ0v) is 19.5. The highest BCUT2D eigenvalue weighted by molar-refractivity contribution is 7.78. The molecule has 0 spiro atoms. The van der Waals surface area contributed by atoms with E-state index in [0.717, 1.165) is 35.1 Å². The molecule has 3 aromatic rings. The average Bonchev–Trinajstić information content (AvgIpc) is 2.81. The molecule has 0 aliphatic heterocycles. The van der Waals surface area contributed by atoms with Gasteiger partial charge in [-0.15, -0.1) is 0 Å². The second-order valence-corrected chi connectivity index (χ2v) is 7.79. The third kappa shape index (κ3) is 6.71. The fourth-order valence-corrected chi connectivity index (χ4v) is 3.37. The van der Waals surface area contributed by atoms with Crippen LogP contribution in [0.1, 0.15) is 54.9 Å². The Kier molecular flexibility index (Phi) is 8.68. The molecule has 1 nitrogen and oxygen atoms in total. The van der Waals surface area contributed by atoms with Gasteiger partial charge in [-0.3, -0.25) is 0 Å². The first-order valence-electron chi connectivity index (χ1n) is 10.8. The van der Waals surface area contributed by atoms with E-state index < -0.39 is 17.3 Å². The van der Waals surface area contributed by atoms with Gasteiger partial charge in [0.25, 0.3) is 0 Å². The summed E-state index contributed by atoms with van der Waals surface area (Å²) in [7, 11) is 0. The van der Waals surface area contributed by atoms with Crippen molar-refractivity contribution in [1.82, 2.24) is 0 Å². The maximum atomic E-state index is 14.1. The Bertz CT molecular complexity index is 1290. The Morgan fingerprint density at radius 2 is 1.48 bits per heavy atom. The van der Waals surface area contributed by atoms with Gasteiger partial charge in [0, 0.05) is 23.1 Å². The monoisotopic (exact) mass is 455 g/mol. The highest BCUT2D eigenvalue weighted by atomic mass is 32.1. The fraction of sp³-hybridized carbons (Fsp3) is 0.207. The number of aryl methyl sites for hydroxylation is 1.